The minimum absolute atomic E-state index is 0.0458. The van der Waals surface area contributed by atoms with Gasteiger partial charge in [0.25, 0.3) is 0 Å². The second-order valence-corrected chi connectivity index (χ2v) is 9.66. The standard InChI is InChI=1S/C23H31N3O5S/c1-15(2)18-13-24-21(32-18)26-20(28)17(25-22(29)31-23(3,4)5)11-12-19(27)30-14-16-9-7-6-8-10-16/h6-10,13,15,17H,11-12,14H2,1-5H3,(H,25,29)(H,24,26,28)/t17-/m0/s1. The Kier molecular flexibility index (Phi) is 9.19. The Morgan fingerprint density at radius 1 is 1.12 bits per heavy atom. The van der Waals surface area contributed by atoms with Crippen LogP contribution in [0, 0.1) is 0 Å². The van der Waals surface area contributed by atoms with E-state index in [1.54, 1.807) is 27.0 Å². The highest BCUT2D eigenvalue weighted by Crippen LogP contribution is 2.25. The second-order valence-electron chi connectivity index (χ2n) is 8.60. The number of amides is 2. The zero-order chi connectivity index (χ0) is 23.7. The fourth-order valence-corrected chi connectivity index (χ4v) is 3.42. The van der Waals surface area contributed by atoms with Gasteiger partial charge in [-0.15, -0.1) is 11.3 Å². The summed E-state index contributed by atoms with van der Waals surface area (Å²) in [5.41, 5.74) is 0.146. The Balaban J connectivity index is 1.98. The van der Waals surface area contributed by atoms with Crippen LogP contribution in [0.1, 0.15) is 63.8 Å². The van der Waals surface area contributed by atoms with E-state index in [4.69, 9.17) is 9.47 Å². The maximum atomic E-state index is 12.8. The van der Waals surface area contributed by atoms with Crippen molar-refractivity contribution in [3.63, 3.8) is 0 Å². The first kappa shape index (κ1) is 25.3. The van der Waals surface area contributed by atoms with Gasteiger partial charge in [0.2, 0.25) is 5.91 Å². The van der Waals surface area contributed by atoms with Crippen LogP contribution < -0.4 is 10.6 Å². The fourth-order valence-electron chi connectivity index (χ4n) is 2.59. The minimum Gasteiger partial charge on any atom is -0.461 e. The van der Waals surface area contributed by atoms with Crippen molar-refractivity contribution in [3.8, 4) is 0 Å². The largest absolute Gasteiger partial charge is 0.461 e. The maximum absolute atomic E-state index is 12.8. The van der Waals surface area contributed by atoms with E-state index in [0.29, 0.717) is 5.13 Å². The number of thiazole rings is 1. The number of aromatic nitrogens is 1. The van der Waals surface area contributed by atoms with E-state index in [1.165, 1.54) is 11.3 Å². The summed E-state index contributed by atoms with van der Waals surface area (Å²) in [6, 6.07) is 8.32. The molecule has 8 nitrogen and oxygen atoms in total. The van der Waals surface area contributed by atoms with Crippen molar-refractivity contribution in [1.82, 2.24) is 10.3 Å². The van der Waals surface area contributed by atoms with E-state index in [2.05, 4.69) is 15.6 Å². The molecule has 9 heteroatoms. The summed E-state index contributed by atoms with van der Waals surface area (Å²) >= 11 is 1.37. The molecule has 1 aromatic carbocycles. The highest BCUT2D eigenvalue weighted by atomic mass is 32.1. The Hall–Kier alpha value is -2.94. The monoisotopic (exact) mass is 461 g/mol. The van der Waals surface area contributed by atoms with Gasteiger partial charge in [-0.05, 0) is 38.7 Å². The number of alkyl carbamates (subject to hydrolysis) is 1. The summed E-state index contributed by atoms with van der Waals surface area (Å²) < 4.78 is 10.5. The molecule has 0 aliphatic rings. The van der Waals surface area contributed by atoms with Gasteiger partial charge < -0.3 is 20.1 Å². The van der Waals surface area contributed by atoms with E-state index in [1.807, 2.05) is 44.2 Å². The molecule has 0 unspecified atom stereocenters. The zero-order valence-corrected chi connectivity index (χ0v) is 20.0. The lowest BCUT2D eigenvalue weighted by molar-refractivity contribution is -0.145. The molecule has 2 amide bonds. The van der Waals surface area contributed by atoms with Crippen LogP contribution in [0.15, 0.2) is 36.5 Å². The number of carbonyl (C=O) groups excluding carboxylic acids is 3. The van der Waals surface area contributed by atoms with Gasteiger partial charge in [-0.25, -0.2) is 9.78 Å². The molecule has 0 radical (unpaired) electrons. The van der Waals surface area contributed by atoms with Crippen LogP contribution in [0.4, 0.5) is 9.93 Å². The van der Waals surface area contributed by atoms with Gasteiger partial charge in [0.1, 0.15) is 18.2 Å². The number of nitrogens with one attached hydrogen (secondary N) is 2. The molecule has 0 spiro atoms. The average Bonchev–Trinajstić information content (AvgIpc) is 3.17. The molecule has 0 saturated heterocycles. The minimum atomic E-state index is -0.986. The fraction of sp³-hybridized carbons (Fsp3) is 0.478. The predicted molar refractivity (Wildman–Crippen MR) is 123 cm³/mol. The van der Waals surface area contributed by atoms with Gasteiger partial charge in [-0.3, -0.25) is 9.59 Å². The van der Waals surface area contributed by atoms with E-state index >= 15 is 0 Å². The van der Waals surface area contributed by atoms with Crippen molar-refractivity contribution in [1.29, 1.82) is 0 Å². The Morgan fingerprint density at radius 3 is 2.41 bits per heavy atom. The smallest absolute Gasteiger partial charge is 0.408 e. The summed E-state index contributed by atoms with van der Waals surface area (Å²) in [5.74, 6) is -0.654. The van der Waals surface area contributed by atoms with Gasteiger partial charge in [-0.2, -0.15) is 0 Å². The molecular weight excluding hydrogens is 430 g/mol. The molecule has 1 aromatic heterocycles. The van der Waals surface area contributed by atoms with Gasteiger partial charge in [-0.1, -0.05) is 44.2 Å². The number of benzene rings is 1. The number of rotatable bonds is 9. The van der Waals surface area contributed by atoms with Crippen molar-refractivity contribution in [2.45, 2.75) is 71.6 Å². The molecule has 0 aliphatic carbocycles. The quantitative estimate of drug-likeness (QED) is 0.528. The first-order valence-corrected chi connectivity index (χ1v) is 11.3. The van der Waals surface area contributed by atoms with Crippen molar-refractivity contribution in [2.75, 3.05) is 5.32 Å². The number of esters is 1. The first-order valence-electron chi connectivity index (χ1n) is 10.5. The topological polar surface area (TPSA) is 107 Å². The van der Waals surface area contributed by atoms with Gasteiger partial charge >= 0.3 is 12.1 Å². The molecule has 0 bridgehead atoms. The molecule has 32 heavy (non-hydrogen) atoms. The van der Waals surface area contributed by atoms with Crippen LogP contribution in [0.25, 0.3) is 0 Å². The molecule has 0 fully saturated rings. The molecular formula is C23H31N3O5S. The van der Waals surface area contributed by atoms with Crippen molar-refractivity contribution in [2.24, 2.45) is 0 Å². The van der Waals surface area contributed by atoms with Crippen LogP contribution in [-0.4, -0.2) is 34.6 Å². The van der Waals surface area contributed by atoms with E-state index < -0.39 is 29.6 Å². The van der Waals surface area contributed by atoms with Crippen LogP contribution in [-0.2, 0) is 25.7 Å². The molecule has 2 aromatic rings. The average molecular weight is 462 g/mol. The number of nitrogens with zero attached hydrogens (tertiary/aromatic N) is 1. The highest BCUT2D eigenvalue weighted by Gasteiger charge is 2.26. The van der Waals surface area contributed by atoms with Crippen molar-refractivity contribution in [3.05, 3.63) is 47.0 Å². The second kappa shape index (κ2) is 11.6. The summed E-state index contributed by atoms with van der Waals surface area (Å²) in [6.45, 7) is 9.40. The Bertz CT molecular complexity index is 906. The molecule has 174 valence electrons. The summed E-state index contributed by atoms with van der Waals surface area (Å²) in [4.78, 5) is 42.5. The third kappa shape index (κ3) is 9.05. The van der Waals surface area contributed by atoms with Crippen LogP contribution in [0.3, 0.4) is 0 Å². The van der Waals surface area contributed by atoms with Gasteiger partial charge in [0, 0.05) is 17.5 Å². The molecule has 0 saturated carbocycles. The van der Waals surface area contributed by atoms with E-state index in [0.717, 1.165) is 10.4 Å². The molecule has 2 rings (SSSR count). The predicted octanol–water partition coefficient (Wildman–Crippen LogP) is 4.62. The summed E-state index contributed by atoms with van der Waals surface area (Å²) in [5, 5.41) is 5.69. The van der Waals surface area contributed by atoms with Crippen LogP contribution in [0.2, 0.25) is 0 Å². The lowest BCUT2D eigenvalue weighted by Gasteiger charge is -2.23. The maximum Gasteiger partial charge on any atom is 0.408 e. The number of ether oxygens (including phenoxy) is 2. The van der Waals surface area contributed by atoms with Gasteiger partial charge in [0.05, 0.1) is 0 Å². The Morgan fingerprint density at radius 2 is 1.81 bits per heavy atom. The number of hydrogen-bond acceptors (Lipinski definition) is 7. The zero-order valence-electron chi connectivity index (χ0n) is 19.1. The van der Waals surface area contributed by atoms with Crippen LogP contribution >= 0.6 is 11.3 Å². The van der Waals surface area contributed by atoms with E-state index in [-0.39, 0.29) is 25.4 Å². The summed E-state index contributed by atoms with van der Waals surface area (Å²) in [6.07, 6.45) is 0.983. The van der Waals surface area contributed by atoms with E-state index in [9.17, 15) is 14.4 Å². The number of carbonyl (C=O) groups is 3. The third-order valence-corrected chi connectivity index (χ3v) is 5.42. The molecule has 1 heterocycles. The van der Waals surface area contributed by atoms with Crippen molar-refractivity contribution >= 4 is 34.4 Å². The van der Waals surface area contributed by atoms with Crippen molar-refractivity contribution < 1.29 is 23.9 Å². The SMILES string of the molecule is CC(C)c1cnc(NC(=O)[C@H](CCC(=O)OCc2ccccc2)NC(=O)OC(C)(C)C)s1. The lowest BCUT2D eigenvalue weighted by Crippen LogP contribution is -2.46. The third-order valence-electron chi connectivity index (χ3n) is 4.21. The first-order chi connectivity index (χ1) is 15.0. The Labute approximate surface area is 192 Å². The highest BCUT2D eigenvalue weighted by molar-refractivity contribution is 7.15. The summed E-state index contributed by atoms with van der Waals surface area (Å²) in [7, 11) is 0. The molecule has 2 N–H and O–H groups in total. The lowest BCUT2D eigenvalue weighted by atomic mass is 10.1. The number of anilines is 1. The molecule has 1 atom stereocenters. The normalized spacial score (nSPS) is 12.2. The van der Waals surface area contributed by atoms with Crippen LogP contribution in [0.5, 0.6) is 0 Å². The number of hydrogen-bond donors (Lipinski definition) is 2. The van der Waals surface area contributed by atoms with Gasteiger partial charge in [0.15, 0.2) is 5.13 Å². The molecule has 0 aliphatic heterocycles.